The molecular weight excluding hydrogens is 463 g/mol. The molecule has 8 heteroatoms. The van der Waals surface area contributed by atoms with Crippen molar-refractivity contribution in [3.05, 3.63) is 22.4 Å². The molecule has 0 spiro atoms. The van der Waals surface area contributed by atoms with Gasteiger partial charge in [-0.1, -0.05) is 12.8 Å². The molecule has 1 unspecified atom stereocenters. The normalized spacial score (nSPS) is 17.3. The van der Waals surface area contributed by atoms with E-state index in [4.69, 9.17) is 0 Å². The summed E-state index contributed by atoms with van der Waals surface area (Å²) in [5, 5.41) is 23.8. The zero-order valence-electron chi connectivity index (χ0n) is 15.6. The van der Waals surface area contributed by atoms with Crippen LogP contribution >= 0.6 is 35.3 Å². The van der Waals surface area contributed by atoms with E-state index in [2.05, 4.69) is 20.9 Å². The van der Waals surface area contributed by atoms with Crippen LogP contribution in [-0.2, 0) is 10.4 Å². The number of thiophene rings is 1. The molecule has 0 radical (unpaired) electrons. The Balaban J connectivity index is 0.00000338. The summed E-state index contributed by atoms with van der Waals surface area (Å²) in [5.41, 5.74) is -0.129. The Morgan fingerprint density at radius 1 is 1.38 bits per heavy atom. The van der Waals surface area contributed by atoms with Crippen LogP contribution in [0.25, 0.3) is 0 Å². The minimum Gasteiger partial charge on any atom is -0.383 e. The number of amides is 1. The van der Waals surface area contributed by atoms with Crippen molar-refractivity contribution in [2.75, 3.05) is 19.6 Å². The quantitative estimate of drug-likeness (QED) is 0.254. The third-order valence-electron chi connectivity index (χ3n) is 4.40. The number of rotatable bonds is 8. The molecule has 0 saturated heterocycles. The van der Waals surface area contributed by atoms with Crippen molar-refractivity contribution in [2.45, 2.75) is 57.6 Å². The van der Waals surface area contributed by atoms with Crippen LogP contribution in [0.5, 0.6) is 0 Å². The van der Waals surface area contributed by atoms with E-state index in [0.29, 0.717) is 25.0 Å². The summed E-state index contributed by atoms with van der Waals surface area (Å²) in [4.78, 5) is 16.4. The number of halogens is 1. The second-order valence-corrected chi connectivity index (χ2v) is 7.49. The Hall–Kier alpha value is -0.870. The number of carbonyl (C=O) groups is 1. The van der Waals surface area contributed by atoms with Gasteiger partial charge in [0.15, 0.2) is 5.96 Å². The lowest BCUT2D eigenvalue weighted by Crippen LogP contribution is -2.41. The highest BCUT2D eigenvalue weighted by Gasteiger charge is 2.23. The highest BCUT2D eigenvalue weighted by molar-refractivity contribution is 14.0. The van der Waals surface area contributed by atoms with E-state index in [1.807, 2.05) is 23.8 Å². The second-order valence-electron chi connectivity index (χ2n) is 6.71. The van der Waals surface area contributed by atoms with Crippen molar-refractivity contribution >= 4 is 47.2 Å². The SMILES string of the molecule is CCNC(=NCC(C)(O)c1ccsc1)NCCC(=O)NC1CCCC1.I. The topological polar surface area (TPSA) is 85.8 Å². The molecule has 1 atom stereocenters. The van der Waals surface area contributed by atoms with Gasteiger partial charge in [-0.2, -0.15) is 11.3 Å². The van der Waals surface area contributed by atoms with Gasteiger partial charge in [0, 0.05) is 25.6 Å². The summed E-state index contributed by atoms with van der Waals surface area (Å²) in [6.45, 7) is 5.25. The Morgan fingerprint density at radius 3 is 2.73 bits per heavy atom. The maximum absolute atomic E-state index is 12.0. The average molecular weight is 494 g/mol. The van der Waals surface area contributed by atoms with Crippen LogP contribution in [0.2, 0.25) is 0 Å². The molecule has 1 aliphatic rings. The van der Waals surface area contributed by atoms with Gasteiger partial charge in [0.05, 0.1) is 6.54 Å². The molecule has 6 nitrogen and oxygen atoms in total. The zero-order chi connectivity index (χ0) is 18.1. The highest BCUT2D eigenvalue weighted by Crippen LogP contribution is 2.23. The van der Waals surface area contributed by atoms with Crippen LogP contribution in [0.1, 0.15) is 51.5 Å². The van der Waals surface area contributed by atoms with Crippen molar-refractivity contribution in [3.8, 4) is 0 Å². The van der Waals surface area contributed by atoms with E-state index >= 15 is 0 Å². The largest absolute Gasteiger partial charge is 0.383 e. The van der Waals surface area contributed by atoms with Crippen molar-refractivity contribution < 1.29 is 9.90 Å². The van der Waals surface area contributed by atoms with E-state index in [-0.39, 0.29) is 36.4 Å². The number of nitrogens with one attached hydrogen (secondary N) is 3. The molecule has 0 bridgehead atoms. The molecule has 26 heavy (non-hydrogen) atoms. The van der Waals surface area contributed by atoms with Crippen LogP contribution in [-0.4, -0.2) is 42.6 Å². The number of nitrogens with zero attached hydrogens (tertiary/aromatic N) is 1. The third-order valence-corrected chi connectivity index (χ3v) is 5.08. The molecule has 2 rings (SSSR count). The number of aliphatic hydroxyl groups is 1. The van der Waals surface area contributed by atoms with E-state index < -0.39 is 5.60 Å². The van der Waals surface area contributed by atoms with E-state index in [9.17, 15) is 9.90 Å². The number of hydrogen-bond donors (Lipinski definition) is 4. The molecule has 1 amide bonds. The smallest absolute Gasteiger partial charge is 0.221 e. The highest BCUT2D eigenvalue weighted by atomic mass is 127. The molecule has 4 N–H and O–H groups in total. The van der Waals surface area contributed by atoms with Gasteiger partial charge >= 0.3 is 0 Å². The van der Waals surface area contributed by atoms with Crippen molar-refractivity contribution in [2.24, 2.45) is 4.99 Å². The molecule has 1 fully saturated rings. The summed E-state index contributed by atoms with van der Waals surface area (Å²) in [6, 6.07) is 2.27. The van der Waals surface area contributed by atoms with E-state index in [1.54, 1.807) is 18.3 Å². The zero-order valence-corrected chi connectivity index (χ0v) is 18.7. The Labute approximate surface area is 177 Å². The fourth-order valence-electron chi connectivity index (χ4n) is 2.90. The van der Waals surface area contributed by atoms with Gasteiger partial charge in [-0.15, -0.1) is 24.0 Å². The lowest BCUT2D eigenvalue weighted by molar-refractivity contribution is -0.121. The Morgan fingerprint density at radius 2 is 2.12 bits per heavy atom. The first-order valence-corrected chi connectivity index (χ1v) is 10.0. The first-order chi connectivity index (χ1) is 12.0. The van der Waals surface area contributed by atoms with Gasteiger partial charge in [-0.3, -0.25) is 4.79 Å². The van der Waals surface area contributed by atoms with Crippen LogP contribution < -0.4 is 16.0 Å². The van der Waals surface area contributed by atoms with Gasteiger partial charge in [0.1, 0.15) is 5.60 Å². The summed E-state index contributed by atoms with van der Waals surface area (Å²) < 4.78 is 0. The molecule has 1 aromatic heterocycles. The standard InChI is InChI=1S/C18H30N4O2S.HI/c1-3-19-17(21-13-18(2,24)14-9-11-25-12-14)20-10-8-16(23)22-15-6-4-5-7-15;/h9,11-12,15,24H,3-8,10,13H2,1-2H3,(H,22,23)(H2,19,20,21);1H. The minimum absolute atomic E-state index is 0. The molecule has 0 aliphatic heterocycles. The fraction of sp³-hybridized carbons (Fsp3) is 0.667. The molecule has 148 valence electrons. The van der Waals surface area contributed by atoms with Gasteiger partial charge in [-0.25, -0.2) is 4.99 Å². The first kappa shape index (κ1) is 23.2. The lowest BCUT2D eigenvalue weighted by Gasteiger charge is -2.21. The number of hydrogen-bond acceptors (Lipinski definition) is 4. The maximum atomic E-state index is 12.0. The molecule has 1 heterocycles. The van der Waals surface area contributed by atoms with E-state index in [1.165, 1.54) is 12.8 Å². The lowest BCUT2D eigenvalue weighted by atomic mass is 10.00. The van der Waals surface area contributed by atoms with Crippen molar-refractivity contribution in [1.82, 2.24) is 16.0 Å². The molecule has 1 aliphatic carbocycles. The first-order valence-electron chi connectivity index (χ1n) is 9.08. The predicted molar refractivity (Wildman–Crippen MR) is 118 cm³/mol. The van der Waals surface area contributed by atoms with Gasteiger partial charge in [0.25, 0.3) is 0 Å². The van der Waals surface area contributed by atoms with Gasteiger partial charge < -0.3 is 21.1 Å². The summed E-state index contributed by atoms with van der Waals surface area (Å²) >= 11 is 1.56. The Kier molecular flexibility index (Phi) is 10.5. The van der Waals surface area contributed by atoms with E-state index in [0.717, 1.165) is 24.9 Å². The Bertz CT molecular complexity index is 558. The number of aliphatic imine (C=N–C) groups is 1. The van der Waals surface area contributed by atoms with Crippen molar-refractivity contribution in [3.63, 3.8) is 0 Å². The van der Waals surface area contributed by atoms with Crippen molar-refractivity contribution in [1.29, 1.82) is 0 Å². The predicted octanol–water partition coefficient (Wildman–Crippen LogP) is 2.58. The average Bonchev–Trinajstić information content (AvgIpc) is 3.26. The number of carbonyl (C=O) groups excluding carboxylic acids is 1. The van der Waals surface area contributed by atoms with Crippen LogP contribution in [0.4, 0.5) is 0 Å². The second kappa shape index (κ2) is 11.8. The minimum atomic E-state index is -0.998. The van der Waals surface area contributed by atoms with Gasteiger partial charge in [0.2, 0.25) is 5.91 Å². The molecular formula is C18H31IN4O2S. The molecule has 0 aromatic carbocycles. The third kappa shape index (κ3) is 7.79. The fourth-order valence-corrected chi connectivity index (χ4v) is 3.68. The summed E-state index contributed by atoms with van der Waals surface area (Å²) in [7, 11) is 0. The van der Waals surface area contributed by atoms with Crippen LogP contribution in [0.15, 0.2) is 21.8 Å². The number of guanidine groups is 1. The molecule has 1 saturated carbocycles. The van der Waals surface area contributed by atoms with Gasteiger partial charge in [-0.05, 0) is 49.1 Å². The monoisotopic (exact) mass is 494 g/mol. The molecule has 1 aromatic rings. The van der Waals surface area contributed by atoms with Crippen LogP contribution in [0.3, 0.4) is 0 Å². The maximum Gasteiger partial charge on any atom is 0.221 e. The summed E-state index contributed by atoms with van der Waals surface area (Å²) in [6.07, 6.45) is 5.04. The summed E-state index contributed by atoms with van der Waals surface area (Å²) in [5.74, 6) is 0.701. The van der Waals surface area contributed by atoms with Crippen LogP contribution in [0, 0.1) is 0 Å².